The van der Waals surface area contributed by atoms with Crippen molar-refractivity contribution in [2.45, 2.75) is 44.0 Å². The predicted octanol–water partition coefficient (Wildman–Crippen LogP) is 3.19. The smallest absolute Gasteiger partial charge is 0.244 e. The number of nitrogens with zero attached hydrogens (tertiary/aromatic N) is 2. The van der Waals surface area contributed by atoms with Crippen LogP contribution in [-0.4, -0.2) is 51.0 Å². The first kappa shape index (κ1) is 25.0. The molecule has 2 aromatic carbocycles. The molecule has 2 aromatic rings. The van der Waals surface area contributed by atoms with E-state index >= 15 is 0 Å². The molecule has 3 aliphatic heterocycles. The van der Waals surface area contributed by atoms with Crippen LogP contribution in [0.1, 0.15) is 37.3 Å². The summed E-state index contributed by atoms with van der Waals surface area (Å²) in [6.45, 7) is 3.29. The first-order valence-electron chi connectivity index (χ1n) is 12.1. The van der Waals surface area contributed by atoms with Crippen LogP contribution in [0.4, 0.5) is 5.69 Å². The van der Waals surface area contributed by atoms with Crippen LogP contribution in [0.15, 0.2) is 39.7 Å². The molecule has 0 aliphatic carbocycles. The van der Waals surface area contributed by atoms with E-state index in [4.69, 9.17) is 9.47 Å². The van der Waals surface area contributed by atoms with Gasteiger partial charge in [0.1, 0.15) is 0 Å². The maximum Gasteiger partial charge on any atom is 0.244 e. The molecule has 0 aromatic heterocycles. The number of hydrogen-bond donors (Lipinski definition) is 1. The van der Waals surface area contributed by atoms with E-state index < -0.39 is 15.9 Å². The zero-order valence-corrected chi connectivity index (χ0v) is 22.4. The lowest BCUT2D eigenvalue weighted by atomic mass is 9.98. The van der Waals surface area contributed by atoms with Gasteiger partial charge in [0.25, 0.3) is 0 Å². The van der Waals surface area contributed by atoms with E-state index in [-0.39, 0.29) is 30.0 Å². The van der Waals surface area contributed by atoms with Gasteiger partial charge in [0, 0.05) is 42.8 Å². The third kappa shape index (κ3) is 4.71. The van der Waals surface area contributed by atoms with Gasteiger partial charge < -0.3 is 19.7 Å². The van der Waals surface area contributed by atoms with Crippen molar-refractivity contribution in [2.24, 2.45) is 5.92 Å². The number of carbonyl (C=O) groups is 2. The zero-order valence-electron chi connectivity index (χ0n) is 20.0. The van der Waals surface area contributed by atoms with E-state index in [9.17, 15) is 18.0 Å². The molecule has 5 rings (SSSR count). The minimum atomic E-state index is -3.87. The van der Waals surface area contributed by atoms with Gasteiger partial charge in [-0.3, -0.25) is 9.59 Å². The number of nitrogens with one attached hydrogen (secondary N) is 1. The van der Waals surface area contributed by atoms with Crippen LogP contribution in [0.5, 0.6) is 11.5 Å². The summed E-state index contributed by atoms with van der Waals surface area (Å²) in [4.78, 5) is 27.1. The highest BCUT2D eigenvalue weighted by atomic mass is 79.9. The molecule has 1 fully saturated rings. The molecule has 192 valence electrons. The number of rotatable bonds is 6. The Morgan fingerprint density at radius 1 is 1.14 bits per heavy atom. The van der Waals surface area contributed by atoms with Crippen LogP contribution in [0.3, 0.4) is 0 Å². The number of ether oxygens (including phenoxy) is 2. The summed E-state index contributed by atoms with van der Waals surface area (Å²) in [6, 6.07) is 8.90. The largest absolute Gasteiger partial charge is 0.454 e. The number of amides is 2. The maximum atomic E-state index is 13.6. The van der Waals surface area contributed by atoms with Gasteiger partial charge in [-0.2, -0.15) is 4.31 Å². The lowest BCUT2D eigenvalue weighted by Gasteiger charge is -2.31. The highest BCUT2D eigenvalue weighted by Gasteiger charge is 2.36. The Bertz CT molecular complexity index is 1320. The Morgan fingerprint density at radius 3 is 2.75 bits per heavy atom. The zero-order chi connectivity index (χ0) is 25.4. The lowest BCUT2D eigenvalue weighted by Crippen LogP contribution is -2.45. The molecule has 0 saturated carbocycles. The van der Waals surface area contributed by atoms with Gasteiger partial charge >= 0.3 is 0 Å². The van der Waals surface area contributed by atoms with Crippen LogP contribution in [0, 0.1) is 5.92 Å². The molecule has 0 bridgehead atoms. The second-order valence-electron chi connectivity index (χ2n) is 9.17. The molecule has 1 unspecified atom stereocenters. The Kier molecular flexibility index (Phi) is 6.97. The van der Waals surface area contributed by atoms with Crippen molar-refractivity contribution >= 4 is 43.5 Å². The van der Waals surface area contributed by atoms with Crippen molar-refractivity contribution in [1.82, 2.24) is 9.62 Å². The molecule has 1 atom stereocenters. The third-order valence-electron chi connectivity index (χ3n) is 6.91. The number of sulfonamides is 1. The molecular weight excluding hydrogens is 550 g/mol. The van der Waals surface area contributed by atoms with E-state index in [1.807, 2.05) is 18.2 Å². The van der Waals surface area contributed by atoms with Gasteiger partial charge in [-0.05, 0) is 70.6 Å². The number of carbonyl (C=O) groups excluding carboxylic acids is 2. The quantitative estimate of drug-likeness (QED) is 0.565. The Morgan fingerprint density at radius 2 is 1.94 bits per heavy atom. The topological polar surface area (TPSA) is 105 Å². The van der Waals surface area contributed by atoms with Gasteiger partial charge in [-0.15, -0.1) is 0 Å². The summed E-state index contributed by atoms with van der Waals surface area (Å²) in [5.41, 5.74) is 2.47. The van der Waals surface area contributed by atoms with Crippen molar-refractivity contribution in [3.05, 3.63) is 45.9 Å². The molecule has 0 spiro atoms. The van der Waals surface area contributed by atoms with E-state index in [0.717, 1.165) is 11.1 Å². The van der Waals surface area contributed by atoms with Crippen LogP contribution < -0.4 is 19.7 Å². The third-order valence-corrected chi connectivity index (χ3v) is 9.73. The molecule has 1 saturated heterocycles. The second-order valence-corrected chi connectivity index (χ2v) is 11.9. The van der Waals surface area contributed by atoms with Crippen molar-refractivity contribution in [3.8, 4) is 11.5 Å². The fourth-order valence-electron chi connectivity index (χ4n) is 4.93. The molecule has 1 N–H and O–H groups in total. The SMILES string of the molecule is CCC(=O)N1CCc2cc(Br)c(S(=O)(=O)N3CCCC(C(=O)NCc4ccc5c(c4)OCO5)C3)cc21. The summed E-state index contributed by atoms with van der Waals surface area (Å²) in [5.74, 6) is 0.666. The van der Waals surface area contributed by atoms with Gasteiger partial charge in [0.15, 0.2) is 11.5 Å². The maximum absolute atomic E-state index is 13.6. The Balaban J connectivity index is 1.29. The number of hydrogen-bond acceptors (Lipinski definition) is 6. The predicted molar refractivity (Wildman–Crippen MR) is 136 cm³/mol. The molecule has 36 heavy (non-hydrogen) atoms. The molecule has 3 heterocycles. The highest BCUT2D eigenvalue weighted by Crippen LogP contribution is 2.38. The van der Waals surface area contributed by atoms with Gasteiger partial charge in [-0.1, -0.05) is 13.0 Å². The average molecular weight is 578 g/mol. The van der Waals surface area contributed by atoms with Crippen LogP contribution in [0.25, 0.3) is 0 Å². The summed E-state index contributed by atoms with van der Waals surface area (Å²) >= 11 is 3.43. The molecular formula is C25H28BrN3O6S. The Labute approximate surface area is 218 Å². The Hall–Kier alpha value is -2.63. The minimum absolute atomic E-state index is 0.0309. The van der Waals surface area contributed by atoms with E-state index in [2.05, 4.69) is 21.2 Å². The number of fused-ring (bicyclic) bond motifs is 2. The van der Waals surface area contributed by atoms with Crippen molar-refractivity contribution in [1.29, 1.82) is 0 Å². The fourth-order valence-corrected chi connectivity index (χ4v) is 7.53. The summed E-state index contributed by atoms with van der Waals surface area (Å²) in [6.07, 6.45) is 2.25. The number of piperidine rings is 1. The van der Waals surface area contributed by atoms with Crippen molar-refractivity contribution < 1.29 is 27.5 Å². The summed E-state index contributed by atoms with van der Waals surface area (Å²) in [5, 5.41) is 2.93. The van der Waals surface area contributed by atoms with Gasteiger partial charge in [-0.25, -0.2) is 8.42 Å². The van der Waals surface area contributed by atoms with Crippen molar-refractivity contribution in [3.63, 3.8) is 0 Å². The number of halogens is 1. The normalized spacial score (nSPS) is 19.3. The first-order valence-corrected chi connectivity index (χ1v) is 14.3. The molecule has 9 nitrogen and oxygen atoms in total. The summed E-state index contributed by atoms with van der Waals surface area (Å²) < 4.78 is 39.8. The standard InChI is InChI=1S/C25H28BrN3O6S/c1-2-24(30)29-9-7-17-11-19(26)23(12-20(17)29)36(32,33)28-8-3-4-18(14-28)25(31)27-13-16-5-6-21-22(10-16)35-15-34-21/h5-6,10-12,18H,2-4,7-9,13-15H2,1H3,(H,27,31). The van der Waals surface area contributed by atoms with E-state index in [0.29, 0.717) is 67.0 Å². The first-order chi connectivity index (χ1) is 17.3. The molecule has 0 radical (unpaired) electrons. The fraction of sp³-hybridized carbons (Fsp3) is 0.440. The van der Waals surface area contributed by atoms with Crippen LogP contribution in [0.2, 0.25) is 0 Å². The van der Waals surface area contributed by atoms with Crippen LogP contribution in [-0.2, 0) is 32.6 Å². The number of anilines is 1. The lowest BCUT2D eigenvalue weighted by molar-refractivity contribution is -0.126. The highest BCUT2D eigenvalue weighted by molar-refractivity contribution is 9.10. The average Bonchev–Trinajstić information content (AvgIpc) is 3.52. The van der Waals surface area contributed by atoms with Gasteiger partial charge in [0.05, 0.1) is 10.8 Å². The summed E-state index contributed by atoms with van der Waals surface area (Å²) in [7, 11) is -3.87. The van der Waals surface area contributed by atoms with Crippen LogP contribution >= 0.6 is 15.9 Å². The molecule has 2 amide bonds. The van der Waals surface area contributed by atoms with E-state index in [1.54, 1.807) is 24.0 Å². The number of benzene rings is 2. The monoisotopic (exact) mass is 577 g/mol. The molecule has 11 heteroatoms. The molecule has 3 aliphatic rings. The minimum Gasteiger partial charge on any atom is -0.454 e. The van der Waals surface area contributed by atoms with Crippen molar-refractivity contribution in [2.75, 3.05) is 31.3 Å². The van der Waals surface area contributed by atoms with Gasteiger partial charge in [0.2, 0.25) is 28.6 Å². The van der Waals surface area contributed by atoms with E-state index in [1.165, 1.54) is 4.31 Å². The second kappa shape index (κ2) is 10.0.